The summed E-state index contributed by atoms with van der Waals surface area (Å²) in [7, 11) is 0. The van der Waals surface area contributed by atoms with Crippen LogP contribution in [-0.2, 0) is 9.59 Å². The van der Waals surface area contributed by atoms with Crippen LogP contribution in [0.1, 0.15) is 46.0 Å². The van der Waals surface area contributed by atoms with Crippen molar-refractivity contribution in [2.75, 3.05) is 19.6 Å². The number of halogens is 1. The summed E-state index contributed by atoms with van der Waals surface area (Å²) >= 11 is 0. The Kier molecular flexibility index (Phi) is 6.95. The second-order valence-corrected chi connectivity index (χ2v) is 7.98. The van der Waals surface area contributed by atoms with Crippen molar-refractivity contribution in [2.45, 2.75) is 69.8 Å². The first-order chi connectivity index (χ1) is 12.2. The van der Waals surface area contributed by atoms with Gasteiger partial charge in [-0.25, -0.2) is 4.39 Å². The molecule has 0 unspecified atom stereocenters. The summed E-state index contributed by atoms with van der Waals surface area (Å²) < 4.78 is 13.4. The fourth-order valence-electron chi connectivity index (χ4n) is 3.45. The van der Waals surface area contributed by atoms with Crippen molar-refractivity contribution < 1.29 is 19.1 Å². The first-order valence-corrected chi connectivity index (χ1v) is 9.26. The van der Waals surface area contributed by atoms with E-state index >= 15 is 0 Å². The number of aliphatic hydroxyl groups is 1. The number of nitrogens with one attached hydrogen (secondary N) is 2. The zero-order valence-electron chi connectivity index (χ0n) is 15.5. The highest BCUT2D eigenvalue weighted by Crippen LogP contribution is 2.24. The van der Waals surface area contributed by atoms with E-state index in [2.05, 4.69) is 10.6 Å². The molecule has 26 heavy (non-hydrogen) atoms. The third-order valence-corrected chi connectivity index (χ3v) is 5.21. The molecule has 8 heteroatoms. The molecule has 3 N–H and O–H groups in total. The van der Waals surface area contributed by atoms with Crippen LogP contribution < -0.4 is 10.6 Å². The first kappa shape index (κ1) is 20.6. The van der Waals surface area contributed by atoms with E-state index in [9.17, 15) is 19.1 Å². The third kappa shape index (κ3) is 5.64. The smallest absolute Gasteiger partial charge is 0.237 e. The fourth-order valence-corrected chi connectivity index (χ4v) is 3.45. The molecule has 7 nitrogen and oxygen atoms in total. The summed E-state index contributed by atoms with van der Waals surface area (Å²) in [6.07, 6.45) is 1.31. The summed E-state index contributed by atoms with van der Waals surface area (Å²) in [6, 6.07) is 1.26. The first-order valence-electron chi connectivity index (χ1n) is 9.26. The maximum atomic E-state index is 13.4. The predicted octanol–water partition coefficient (Wildman–Crippen LogP) is 0.484. The van der Waals surface area contributed by atoms with Crippen LogP contribution in [0, 0.1) is 17.2 Å². The molecule has 0 radical (unpaired) electrons. The molecule has 2 atom stereocenters. The van der Waals surface area contributed by atoms with Gasteiger partial charge in [0, 0.05) is 24.4 Å². The number of carbonyl (C=O) groups excluding carboxylic acids is 2. The minimum atomic E-state index is -1.15. The van der Waals surface area contributed by atoms with Gasteiger partial charge in [-0.15, -0.1) is 0 Å². The van der Waals surface area contributed by atoms with Crippen LogP contribution in [0.25, 0.3) is 0 Å². The van der Waals surface area contributed by atoms with E-state index in [0.29, 0.717) is 32.2 Å². The lowest BCUT2D eigenvalue weighted by molar-refractivity contribution is -0.130. The number of nitrogens with zero attached hydrogens (tertiary/aromatic N) is 2. The number of nitriles is 1. The van der Waals surface area contributed by atoms with Gasteiger partial charge in [-0.3, -0.25) is 9.59 Å². The molecule has 2 rings (SSSR count). The molecule has 1 saturated heterocycles. The molecule has 146 valence electrons. The molecule has 0 spiro atoms. The standard InChI is InChI=1S/C18H29FN4O3/c1-18(2,11-21-17(26)12-3-5-15(24)6-4-12)22-9-16(25)23-10-13(19)7-14(23)8-20/h12-15,22,24H,3-7,9-11H2,1-2H3,(H,21,26)/t12-,13-,14-,15+/m0/s1. The van der Waals surface area contributed by atoms with E-state index in [0.717, 1.165) is 0 Å². The third-order valence-electron chi connectivity index (χ3n) is 5.21. The predicted molar refractivity (Wildman–Crippen MR) is 93.7 cm³/mol. The minimum absolute atomic E-state index is 0.0105. The van der Waals surface area contributed by atoms with Crippen LogP contribution in [0.15, 0.2) is 0 Å². The number of rotatable bonds is 6. The van der Waals surface area contributed by atoms with Crippen molar-refractivity contribution in [1.29, 1.82) is 5.26 Å². The summed E-state index contributed by atoms with van der Waals surface area (Å²) in [5.41, 5.74) is -0.517. The molecule has 1 aliphatic heterocycles. The average molecular weight is 368 g/mol. The van der Waals surface area contributed by atoms with Crippen molar-refractivity contribution in [3.05, 3.63) is 0 Å². The molecule has 0 aromatic heterocycles. The van der Waals surface area contributed by atoms with Crippen LogP contribution in [0.3, 0.4) is 0 Å². The van der Waals surface area contributed by atoms with Crippen LogP contribution >= 0.6 is 0 Å². The number of carbonyl (C=O) groups is 2. The van der Waals surface area contributed by atoms with Gasteiger partial charge in [0.2, 0.25) is 11.8 Å². The molecule has 1 heterocycles. The maximum absolute atomic E-state index is 13.4. The van der Waals surface area contributed by atoms with Crippen LogP contribution in [0.5, 0.6) is 0 Å². The lowest BCUT2D eigenvalue weighted by Crippen LogP contribution is -2.53. The van der Waals surface area contributed by atoms with Gasteiger partial charge in [0.1, 0.15) is 12.2 Å². The molecule has 1 saturated carbocycles. The average Bonchev–Trinajstić information content (AvgIpc) is 2.99. The summed E-state index contributed by atoms with van der Waals surface area (Å²) in [5, 5.41) is 24.5. The lowest BCUT2D eigenvalue weighted by Gasteiger charge is -2.30. The van der Waals surface area contributed by atoms with Gasteiger partial charge in [-0.2, -0.15) is 5.26 Å². The summed E-state index contributed by atoms with van der Waals surface area (Å²) in [6.45, 7) is 4.04. The highest BCUT2D eigenvalue weighted by molar-refractivity contribution is 5.80. The second-order valence-electron chi connectivity index (χ2n) is 7.98. The van der Waals surface area contributed by atoms with Crippen LogP contribution in [0.2, 0.25) is 0 Å². The number of alkyl halides is 1. The lowest BCUT2D eigenvalue weighted by atomic mass is 9.87. The van der Waals surface area contributed by atoms with Crippen LogP contribution in [-0.4, -0.2) is 65.3 Å². The quantitative estimate of drug-likeness (QED) is 0.633. The Morgan fingerprint density at radius 2 is 1.96 bits per heavy atom. The number of hydrogen-bond donors (Lipinski definition) is 3. The van der Waals surface area contributed by atoms with Crippen molar-refractivity contribution in [3.8, 4) is 6.07 Å². The summed E-state index contributed by atoms with van der Waals surface area (Å²) in [4.78, 5) is 25.8. The van der Waals surface area contributed by atoms with Crippen molar-refractivity contribution >= 4 is 11.8 Å². The number of aliphatic hydroxyl groups excluding tert-OH is 1. The van der Waals surface area contributed by atoms with Crippen molar-refractivity contribution in [3.63, 3.8) is 0 Å². The number of hydrogen-bond acceptors (Lipinski definition) is 5. The van der Waals surface area contributed by atoms with Crippen molar-refractivity contribution in [2.24, 2.45) is 5.92 Å². The monoisotopic (exact) mass is 368 g/mol. The van der Waals surface area contributed by atoms with E-state index in [1.54, 1.807) is 0 Å². The molecular formula is C18H29FN4O3. The zero-order chi connectivity index (χ0) is 19.3. The van der Waals surface area contributed by atoms with Gasteiger partial charge in [0.15, 0.2) is 0 Å². The summed E-state index contributed by atoms with van der Waals surface area (Å²) in [5.74, 6) is -0.405. The van der Waals surface area contributed by atoms with Gasteiger partial charge >= 0.3 is 0 Å². The largest absolute Gasteiger partial charge is 0.393 e. The molecule has 2 aliphatic rings. The minimum Gasteiger partial charge on any atom is -0.393 e. The maximum Gasteiger partial charge on any atom is 0.237 e. The molecule has 2 fully saturated rings. The molecule has 0 aromatic rings. The second kappa shape index (κ2) is 8.78. The molecule has 1 aliphatic carbocycles. The van der Waals surface area contributed by atoms with Gasteiger partial charge in [-0.05, 0) is 39.5 Å². The zero-order valence-corrected chi connectivity index (χ0v) is 15.5. The highest BCUT2D eigenvalue weighted by Gasteiger charge is 2.35. The van der Waals surface area contributed by atoms with E-state index in [1.807, 2.05) is 19.9 Å². The Morgan fingerprint density at radius 1 is 1.31 bits per heavy atom. The van der Waals surface area contributed by atoms with E-state index in [1.165, 1.54) is 4.90 Å². The van der Waals surface area contributed by atoms with Gasteiger partial charge in [0.05, 0.1) is 25.3 Å². The van der Waals surface area contributed by atoms with E-state index in [4.69, 9.17) is 5.26 Å². The fraction of sp³-hybridized carbons (Fsp3) is 0.833. The highest BCUT2D eigenvalue weighted by atomic mass is 19.1. The normalized spacial score (nSPS) is 29.3. The Bertz CT molecular complexity index is 555. The SMILES string of the molecule is CC(C)(CNC(=O)[C@H]1CC[C@@H](O)CC1)NCC(=O)N1C[C@@H](F)C[C@H]1C#N. The Morgan fingerprint density at radius 3 is 2.58 bits per heavy atom. The Balaban J connectivity index is 1.75. The van der Waals surface area contributed by atoms with Crippen molar-refractivity contribution in [1.82, 2.24) is 15.5 Å². The Labute approximate surface area is 153 Å². The molecule has 2 amide bonds. The van der Waals surface area contributed by atoms with Crippen LogP contribution in [0.4, 0.5) is 4.39 Å². The van der Waals surface area contributed by atoms with Gasteiger partial charge in [-0.1, -0.05) is 0 Å². The van der Waals surface area contributed by atoms with E-state index in [-0.39, 0.29) is 43.3 Å². The molecule has 0 aromatic carbocycles. The van der Waals surface area contributed by atoms with Gasteiger partial charge < -0.3 is 20.6 Å². The van der Waals surface area contributed by atoms with Gasteiger partial charge in [0.25, 0.3) is 0 Å². The molecule has 0 bridgehead atoms. The topological polar surface area (TPSA) is 105 Å². The van der Waals surface area contributed by atoms with E-state index < -0.39 is 17.8 Å². The number of amides is 2. The number of likely N-dealkylation sites (tertiary alicyclic amines) is 1. The Hall–Kier alpha value is -1.72. The molecular weight excluding hydrogens is 339 g/mol.